The van der Waals surface area contributed by atoms with Gasteiger partial charge in [-0.15, -0.1) is 0 Å². The Kier molecular flexibility index (Phi) is 57.0. The van der Waals surface area contributed by atoms with Crippen molar-refractivity contribution >= 4 is 39.5 Å². The van der Waals surface area contributed by atoms with Crippen molar-refractivity contribution in [2.75, 3.05) is 39.6 Å². The van der Waals surface area contributed by atoms with Crippen molar-refractivity contribution in [2.24, 2.45) is 17.8 Å². The summed E-state index contributed by atoms with van der Waals surface area (Å²) in [5, 5.41) is 10.6. The lowest BCUT2D eigenvalue weighted by Gasteiger charge is -2.21. The fourth-order valence-electron chi connectivity index (χ4n) is 9.55. The van der Waals surface area contributed by atoms with Gasteiger partial charge >= 0.3 is 39.5 Å². The predicted molar refractivity (Wildman–Crippen MR) is 349 cm³/mol. The first-order valence-corrected chi connectivity index (χ1v) is 37.8. The van der Waals surface area contributed by atoms with E-state index in [4.69, 9.17) is 37.0 Å². The summed E-state index contributed by atoms with van der Waals surface area (Å²) in [6.07, 6.45) is 43.9. The summed E-state index contributed by atoms with van der Waals surface area (Å²) in [4.78, 5) is 72.4. The number of hydrogen-bond donors (Lipinski definition) is 3. The van der Waals surface area contributed by atoms with Crippen molar-refractivity contribution in [3.05, 3.63) is 24.3 Å². The van der Waals surface area contributed by atoms with Crippen molar-refractivity contribution in [1.29, 1.82) is 0 Å². The molecule has 0 spiro atoms. The van der Waals surface area contributed by atoms with Gasteiger partial charge < -0.3 is 33.8 Å². The Morgan fingerprint density at radius 1 is 0.368 bits per heavy atom. The van der Waals surface area contributed by atoms with E-state index in [1.165, 1.54) is 103 Å². The Balaban J connectivity index is 5.30. The molecule has 0 heterocycles. The second-order valence-electron chi connectivity index (χ2n) is 24.6. The Hall–Kier alpha value is -2.46. The summed E-state index contributed by atoms with van der Waals surface area (Å²) < 4.78 is 68.1. The van der Waals surface area contributed by atoms with Crippen molar-refractivity contribution in [2.45, 2.75) is 330 Å². The number of esters is 4. The number of ether oxygens (including phenoxy) is 4. The molecule has 0 saturated carbocycles. The molecule has 0 radical (unpaired) electrons. The van der Waals surface area contributed by atoms with Crippen LogP contribution in [0.25, 0.3) is 0 Å². The van der Waals surface area contributed by atoms with Crippen LogP contribution in [0.4, 0.5) is 0 Å². The first-order valence-electron chi connectivity index (χ1n) is 34.8. The molecule has 87 heavy (non-hydrogen) atoms. The van der Waals surface area contributed by atoms with Gasteiger partial charge in [-0.2, -0.15) is 0 Å². The van der Waals surface area contributed by atoms with Crippen LogP contribution in [0.2, 0.25) is 0 Å². The molecule has 19 heteroatoms. The molecule has 8 atom stereocenters. The lowest BCUT2D eigenvalue weighted by atomic mass is 9.99. The molecule has 0 aliphatic heterocycles. The van der Waals surface area contributed by atoms with Crippen LogP contribution in [0.1, 0.15) is 312 Å². The third-order valence-electron chi connectivity index (χ3n) is 16.1. The van der Waals surface area contributed by atoms with Gasteiger partial charge in [0.05, 0.1) is 26.4 Å². The van der Waals surface area contributed by atoms with Gasteiger partial charge in [-0.05, 0) is 69.1 Å². The fraction of sp³-hybridized carbons (Fsp3) is 0.882. The number of allylic oxidation sites excluding steroid dienone is 4. The van der Waals surface area contributed by atoms with E-state index in [9.17, 15) is 43.2 Å². The maximum atomic E-state index is 13.0. The van der Waals surface area contributed by atoms with Gasteiger partial charge in [0.2, 0.25) is 0 Å². The number of unbranched alkanes of at least 4 members (excludes halogenated alkanes) is 26. The number of hydrogen-bond acceptors (Lipinski definition) is 15. The molecule has 0 rings (SSSR count). The Morgan fingerprint density at radius 2 is 0.644 bits per heavy atom. The van der Waals surface area contributed by atoms with E-state index in [2.05, 4.69) is 72.8 Å². The van der Waals surface area contributed by atoms with E-state index in [0.717, 1.165) is 127 Å². The van der Waals surface area contributed by atoms with Gasteiger partial charge in [0.1, 0.15) is 19.3 Å². The van der Waals surface area contributed by atoms with Gasteiger partial charge in [0.15, 0.2) is 12.2 Å². The van der Waals surface area contributed by atoms with Crippen molar-refractivity contribution in [3.63, 3.8) is 0 Å². The van der Waals surface area contributed by atoms with Gasteiger partial charge in [-0.3, -0.25) is 37.3 Å². The Bertz CT molecular complexity index is 1810. The summed E-state index contributed by atoms with van der Waals surface area (Å²) in [5.74, 6) is 0.0573. The highest BCUT2D eigenvalue weighted by molar-refractivity contribution is 7.47. The first kappa shape index (κ1) is 84.5. The molecule has 0 saturated heterocycles. The van der Waals surface area contributed by atoms with Crippen molar-refractivity contribution in [3.8, 4) is 0 Å². The first-order chi connectivity index (χ1) is 41.8. The summed E-state index contributed by atoms with van der Waals surface area (Å²) in [7, 11) is -9.91. The molecular formula is C68H128O17P2. The zero-order valence-corrected chi connectivity index (χ0v) is 57.7. The number of phosphoric ester groups is 2. The van der Waals surface area contributed by atoms with Gasteiger partial charge in [0, 0.05) is 25.7 Å². The molecule has 0 aliphatic rings. The normalized spacial score (nSPS) is 15.4. The van der Waals surface area contributed by atoms with Crippen LogP contribution in [-0.2, 0) is 65.4 Å². The van der Waals surface area contributed by atoms with Crippen LogP contribution >= 0.6 is 15.6 Å². The molecule has 0 aromatic carbocycles. The number of phosphoric acid groups is 2. The quantitative estimate of drug-likeness (QED) is 0.0169. The van der Waals surface area contributed by atoms with Gasteiger partial charge in [0.25, 0.3) is 0 Å². The highest BCUT2D eigenvalue weighted by atomic mass is 31.2. The highest BCUT2D eigenvalue weighted by Crippen LogP contribution is 2.45. The number of carbonyl (C=O) groups is 4. The topological polar surface area (TPSA) is 237 Å². The molecule has 0 amide bonds. The van der Waals surface area contributed by atoms with Crippen LogP contribution < -0.4 is 0 Å². The van der Waals surface area contributed by atoms with Crippen molar-refractivity contribution in [1.82, 2.24) is 0 Å². The minimum atomic E-state index is -4.96. The molecule has 0 fully saturated rings. The smallest absolute Gasteiger partial charge is 0.462 e. The van der Waals surface area contributed by atoms with E-state index >= 15 is 0 Å². The molecule has 512 valence electrons. The largest absolute Gasteiger partial charge is 0.472 e. The predicted octanol–water partition coefficient (Wildman–Crippen LogP) is 18.6. The van der Waals surface area contributed by atoms with E-state index in [1.54, 1.807) is 0 Å². The standard InChI is InChI=1S/C68H128O17P2/c1-8-12-13-14-15-16-17-18-19-20-21-22-27-37-44-51-67(72)84-63(55-78-65(70)49-42-35-26-24-23-25-32-39-46-59(5)9-2)57-82-86(74,75)80-53-62(69)54-81-87(76,77)83-58-64(85-68(73)52-45-38-31-29-34-41-48-61(7)11-4)56-79-66(71)50-43-36-30-28-33-40-47-60(6)10-3/h16-19,59-64,69H,8-15,20-58H2,1-7H3,(H,74,75)(H,76,77)/b17-16-,19-18-/t59?,60?,61?,62-,63-,64-/m1/s1. The zero-order valence-electron chi connectivity index (χ0n) is 56.0. The molecular weight excluding hydrogens is 1150 g/mol. The van der Waals surface area contributed by atoms with E-state index in [0.29, 0.717) is 25.7 Å². The number of aliphatic hydroxyl groups is 1. The molecule has 0 aromatic heterocycles. The van der Waals surface area contributed by atoms with Gasteiger partial charge in [-0.1, -0.05) is 259 Å². The minimum absolute atomic E-state index is 0.0838. The fourth-order valence-corrected chi connectivity index (χ4v) is 11.1. The molecule has 17 nitrogen and oxygen atoms in total. The minimum Gasteiger partial charge on any atom is -0.462 e. The van der Waals surface area contributed by atoms with Crippen LogP contribution in [-0.4, -0.2) is 96.7 Å². The van der Waals surface area contributed by atoms with Gasteiger partial charge in [-0.25, -0.2) is 9.13 Å². The molecule has 0 bridgehead atoms. The summed E-state index contributed by atoms with van der Waals surface area (Å²) >= 11 is 0. The maximum absolute atomic E-state index is 13.0. The van der Waals surface area contributed by atoms with Crippen LogP contribution in [0.15, 0.2) is 24.3 Å². The third-order valence-corrected chi connectivity index (χ3v) is 18.0. The second-order valence-corrected chi connectivity index (χ2v) is 27.5. The summed E-state index contributed by atoms with van der Waals surface area (Å²) in [6.45, 7) is 11.7. The average Bonchev–Trinajstić information content (AvgIpc) is 3.63. The third kappa shape index (κ3) is 58.4. The second kappa shape index (κ2) is 58.6. The number of rotatable bonds is 64. The SMILES string of the molecule is CCCCCC/C=C\C=C/CCCCCCCC(=O)O[C@H](COC(=O)CCCCCCCCCCC(C)CC)COP(=O)(O)OC[C@@H](O)COP(=O)(O)OC[C@@H](COC(=O)CCCCCCCCC(C)CC)OC(=O)CCCCCCCCC(C)CC. The van der Waals surface area contributed by atoms with Crippen LogP contribution in [0.3, 0.4) is 0 Å². The van der Waals surface area contributed by atoms with Crippen LogP contribution in [0, 0.1) is 17.8 Å². The molecule has 0 aliphatic carbocycles. The number of aliphatic hydroxyl groups excluding tert-OH is 1. The van der Waals surface area contributed by atoms with Crippen molar-refractivity contribution < 1.29 is 80.2 Å². The maximum Gasteiger partial charge on any atom is 0.472 e. The monoisotopic (exact) mass is 1280 g/mol. The van der Waals surface area contributed by atoms with E-state index in [1.807, 2.05) is 0 Å². The zero-order chi connectivity index (χ0) is 64.5. The Labute approximate surface area is 529 Å². The highest BCUT2D eigenvalue weighted by Gasteiger charge is 2.30. The average molecular weight is 1280 g/mol. The van der Waals surface area contributed by atoms with E-state index in [-0.39, 0.29) is 25.7 Å². The Morgan fingerprint density at radius 3 is 0.966 bits per heavy atom. The molecule has 0 aromatic rings. The summed E-state index contributed by atoms with van der Waals surface area (Å²) in [6, 6.07) is 0. The molecule has 3 N–H and O–H groups in total. The molecule has 5 unspecified atom stereocenters. The summed E-state index contributed by atoms with van der Waals surface area (Å²) in [5.41, 5.74) is 0. The lowest BCUT2D eigenvalue weighted by Crippen LogP contribution is -2.30. The lowest BCUT2D eigenvalue weighted by molar-refractivity contribution is -0.161. The van der Waals surface area contributed by atoms with Crippen LogP contribution in [0.5, 0.6) is 0 Å². The number of carbonyl (C=O) groups excluding carboxylic acids is 4. The van der Waals surface area contributed by atoms with E-state index < -0.39 is 97.5 Å².